The first-order valence-corrected chi connectivity index (χ1v) is 17.1. The smallest absolute Gasteiger partial charge is 0.790 e. The number of rotatable bonds is 12. The Hall–Kier alpha value is 3.93. The molecule has 38 heavy (non-hydrogen) atoms. The molecule has 4 atom stereocenters. The molecule has 0 radical (unpaired) electrons. The molecule has 0 aliphatic heterocycles. The van der Waals surface area contributed by atoms with Crippen LogP contribution in [0.3, 0.4) is 0 Å². The van der Waals surface area contributed by atoms with Crippen LogP contribution in [0.1, 0.15) is 0 Å². The maximum Gasteiger partial charge on any atom is 1.00 e. The van der Waals surface area contributed by atoms with E-state index in [-0.39, 0.29) is 103 Å². The van der Waals surface area contributed by atoms with Gasteiger partial charge in [0.2, 0.25) is 0 Å². The van der Waals surface area contributed by atoms with E-state index in [0.29, 0.717) is 0 Å². The maximum absolute atomic E-state index is 11.4. The molecule has 32 heteroatoms. The largest absolute Gasteiger partial charge is 1.00 e. The Bertz CT molecular complexity index is 829. The summed E-state index contributed by atoms with van der Waals surface area (Å²) in [7, 11) is -36.8. The van der Waals surface area contributed by atoms with Crippen LogP contribution in [0.5, 0.6) is 0 Å². The van der Waals surface area contributed by atoms with Gasteiger partial charge in [0.15, 0.2) is 0 Å². The van der Waals surface area contributed by atoms with E-state index < -0.39 is 83.6 Å². The molecule has 0 aromatic rings. The quantitative estimate of drug-likeness (QED) is 0.0656. The molecular formula is C6H16K2O24P6. The van der Waals surface area contributed by atoms with Crippen molar-refractivity contribution in [2.45, 2.75) is 36.6 Å². The minimum absolute atomic E-state index is 0. The maximum atomic E-state index is 11.4. The molecule has 0 saturated heterocycles. The Morgan fingerprint density at radius 1 is 0.368 bits per heavy atom. The minimum Gasteiger partial charge on any atom is -0.790 e. The molecular weight excluding hydrogens is 720 g/mol. The molecule has 0 heterocycles. The van der Waals surface area contributed by atoms with Gasteiger partial charge in [0.25, 0.3) is 0 Å². The summed E-state index contributed by atoms with van der Waals surface area (Å²) in [6, 6.07) is 0. The summed E-state index contributed by atoms with van der Waals surface area (Å²) in [6.45, 7) is 0. The van der Waals surface area contributed by atoms with Gasteiger partial charge >= 0.3 is 142 Å². The second-order valence-electron chi connectivity index (χ2n) is 6.32. The van der Waals surface area contributed by atoms with Crippen LogP contribution in [0.2, 0.25) is 0 Å². The topological polar surface area (TPSA) is 406 Å². The predicted octanol–water partition coefficient (Wildman–Crippen LogP) is -10.4. The zero-order valence-electron chi connectivity index (χ0n) is 18.3. The van der Waals surface area contributed by atoms with Crippen molar-refractivity contribution in [3.8, 4) is 0 Å². The Morgan fingerprint density at radius 3 is 0.605 bits per heavy atom. The van der Waals surface area contributed by atoms with Crippen LogP contribution >= 0.6 is 46.9 Å². The number of hydrogen-bond donors (Lipinski definition) is 10. The molecule has 24 nitrogen and oxygen atoms in total. The van der Waals surface area contributed by atoms with Crippen LogP contribution in [0.15, 0.2) is 0 Å². The number of phosphoric ester groups is 6. The average Bonchev–Trinajstić information content (AvgIpc) is 2.51. The molecule has 1 aliphatic carbocycles. The molecule has 0 bridgehead atoms. The predicted molar refractivity (Wildman–Crippen MR) is 97.1 cm³/mol. The third kappa shape index (κ3) is 18.0. The standard InChI is InChI=1S/C6H18O24P6.2K/c7-31(8,9)25-1-2(26-32(10,11)12)4(28-34(16,17)18)6(30-36(22,23)24)5(29-35(19,20)21)3(1)27-33(13,14)15;;/h1-6H,(H2,7,8,9)(H2,10,11,12)(H2,13,14,15)(H2,16,17,18)(H2,19,20,21)(H2,22,23,24);;/q;2*+1/p-2. The molecule has 4 unspecified atom stereocenters. The van der Waals surface area contributed by atoms with E-state index in [2.05, 4.69) is 27.1 Å². The molecule has 1 rings (SSSR count). The summed E-state index contributed by atoms with van der Waals surface area (Å²) in [6.07, 6.45) is -19.3. The summed E-state index contributed by atoms with van der Waals surface area (Å²) in [5.74, 6) is 0. The molecule has 0 spiro atoms. The summed E-state index contributed by atoms with van der Waals surface area (Å²) >= 11 is 0. The Kier molecular flexibility index (Phi) is 18.5. The van der Waals surface area contributed by atoms with E-state index in [4.69, 9.17) is 48.9 Å². The first-order chi connectivity index (χ1) is 15.6. The van der Waals surface area contributed by atoms with Gasteiger partial charge in [-0.3, -0.25) is 22.6 Å². The van der Waals surface area contributed by atoms with Crippen molar-refractivity contribution in [3.05, 3.63) is 0 Å². The second-order valence-corrected chi connectivity index (χ2v) is 13.4. The van der Waals surface area contributed by atoms with E-state index in [1.165, 1.54) is 0 Å². The fourth-order valence-electron chi connectivity index (χ4n) is 2.78. The first kappa shape index (κ1) is 44.1. The number of hydrogen-bond acceptors (Lipinski definition) is 14. The molecule has 0 amide bonds. The molecule has 1 aliphatic rings. The van der Waals surface area contributed by atoms with Gasteiger partial charge < -0.3 is 67.8 Å². The third-order valence-electron chi connectivity index (χ3n) is 3.49. The van der Waals surface area contributed by atoms with Gasteiger partial charge in [-0.15, -0.1) is 0 Å². The van der Waals surface area contributed by atoms with Crippen molar-refractivity contribution in [3.63, 3.8) is 0 Å². The SMILES string of the molecule is O=P([O-])([O-])OC1C(OP(=O)(O)O)C(OP(=O)(O)O)C(OP(=O)(O)O)C(OP(=O)(O)O)C1OP(=O)(O)O.[K+].[K+]. The molecule has 0 aromatic heterocycles. The third-order valence-corrected chi connectivity index (χ3v) is 6.58. The first-order valence-electron chi connectivity index (χ1n) is 7.97. The molecule has 1 saturated carbocycles. The summed E-state index contributed by atoms with van der Waals surface area (Å²) in [5.41, 5.74) is 0. The molecule has 1 fully saturated rings. The Balaban J connectivity index is 0. The summed E-state index contributed by atoms with van der Waals surface area (Å²) in [5, 5.41) is 0. The van der Waals surface area contributed by atoms with Crippen molar-refractivity contribution >= 4 is 46.9 Å². The number of phosphoric acid groups is 6. The summed E-state index contributed by atoms with van der Waals surface area (Å²) in [4.78, 5) is 114. The van der Waals surface area contributed by atoms with E-state index in [1.54, 1.807) is 0 Å². The van der Waals surface area contributed by atoms with Gasteiger partial charge in [0.05, 0.1) is 7.82 Å². The average molecular weight is 736 g/mol. The fraction of sp³-hybridized carbons (Fsp3) is 1.00. The van der Waals surface area contributed by atoms with Crippen molar-refractivity contribution in [1.29, 1.82) is 0 Å². The second kappa shape index (κ2) is 16.0. The van der Waals surface area contributed by atoms with E-state index in [1.807, 2.05) is 0 Å². The van der Waals surface area contributed by atoms with E-state index in [9.17, 15) is 37.2 Å². The Morgan fingerprint density at radius 2 is 0.500 bits per heavy atom. The van der Waals surface area contributed by atoms with Gasteiger partial charge in [0, 0.05) is 0 Å². The van der Waals surface area contributed by atoms with Crippen LogP contribution in [-0.4, -0.2) is 85.6 Å². The zero-order chi connectivity index (χ0) is 28.7. The van der Waals surface area contributed by atoms with Gasteiger partial charge in [-0.2, -0.15) is 0 Å². The van der Waals surface area contributed by atoms with E-state index >= 15 is 0 Å². The Labute approximate surface area is 295 Å². The minimum atomic E-state index is -6.52. The van der Waals surface area contributed by atoms with Crippen LogP contribution in [-0.2, 0) is 54.5 Å². The normalized spacial score (nSPS) is 27.8. The van der Waals surface area contributed by atoms with Gasteiger partial charge in [-0.05, 0) is 0 Å². The van der Waals surface area contributed by atoms with Crippen LogP contribution in [0.25, 0.3) is 0 Å². The zero-order valence-corrected chi connectivity index (χ0v) is 29.9. The van der Waals surface area contributed by atoms with Crippen LogP contribution < -0.4 is 113 Å². The fourth-order valence-corrected chi connectivity index (χ4v) is 6.11. The monoisotopic (exact) mass is 736 g/mol. The van der Waals surface area contributed by atoms with Crippen LogP contribution in [0, 0.1) is 0 Å². The van der Waals surface area contributed by atoms with Crippen molar-refractivity contribution in [2.24, 2.45) is 0 Å². The molecule has 0 aromatic carbocycles. The molecule has 216 valence electrons. The van der Waals surface area contributed by atoms with Gasteiger partial charge in [-0.1, -0.05) is 0 Å². The molecule has 10 N–H and O–H groups in total. The van der Waals surface area contributed by atoms with Gasteiger partial charge in [0.1, 0.15) is 36.6 Å². The van der Waals surface area contributed by atoms with E-state index in [0.717, 1.165) is 0 Å². The van der Waals surface area contributed by atoms with Crippen molar-refractivity contribution < 1.29 is 216 Å². The van der Waals surface area contributed by atoms with Crippen LogP contribution in [0.4, 0.5) is 0 Å². The van der Waals surface area contributed by atoms with Gasteiger partial charge in [-0.25, -0.2) is 22.8 Å². The van der Waals surface area contributed by atoms with Crippen molar-refractivity contribution in [2.75, 3.05) is 0 Å². The summed E-state index contributed by atoms with van der Waals surface area (Å²) < 4.78 is 92.3. The van der Waals surface area contributed by atoms with Crippen molar-refractivity contribution in [1.82, 2.24) is 0 Å².